The first-order valence-electron chi connectivity index (χ1n) is 23.8. The molecule has 340 valence electrons. The van der Waals surface area contributed by atoms with E-state index in [2.05, 4.69) is 39.0 Å². The lowest BCUT2D eigenvalue weighted by Crippen LogP contribution is -2.30. The highest BCUT2D eigenvalue weighted by Crippen LogP contribution is 2.14. The Morgan fingerprint density at radius 2 is 0.656 bits per heavy atom. The molecule has 0 spiro atoms. The van der Waals surface area contributed by atoms with Gasteiger partial charge in [0.15, 0.2) is 6.10 Å². The number of allylic oxidation sites excluding steroid dienone is 22. The van der Waals surface area contributed by atoms with Crippen LogP contribution in [0.2, 0.25) is 0 Å². The molecule has 0 N–H and O–H groups in total. The van der Waals surface area contributed by atoms with Gasteiger partial charge in [-0.25, -0.2) is 0 Å². The minimum absolute atomic E-state index is 0.125. The Labute approximate surface area is 373 Å². The molecule has 0 fully saturated rings. The third-order valence-corrected chi connectivity index (χ3v) is 9.44. The van der Waals surface area contributed by atoms with Crippen molar-refractivity contribution in [1.29, 1.82) is 0 Å². The number of hydrogen-bond acceptors (Lipinski definition) is 6. The fourth-order valence-corrected chi connectivity index (χ4v) is 5.91. The topological polar surface area (TPSA) is 78.9 Å². The van der Waals surface area contributed by atoms with Crippen molar-refractivity contribution in [3.8, 4) is 0 Å². The van der Waals surface area contributed by atoms with E-state index < -0.39 is 12.1 Å². The van der Waals surface area contributed by atoms with Crippen molar-refractivity contribution in [3.05, 3.63) is 134 Å². The largest absolute Gasteiger partial charge is 0.462 e. The molecule has 6 heteroatoms. The van der Waals surface area contributed by atoms with Gasteiger partial charge < -0.3 is 14.2 Å². The second-order valence-corrected chi connectivity index (χ2v) is 15.2. The third-order valence-electron chi connectivity index (χ3n) is 9.44. The lowest BCUT2D eigenvalue weighted by Gasteiger charge is -2.18. The van der Waals surface area contributed by atoms with Gasteiger partial charge in [0.1, 0.15) is 13.2 Å². The van der Waals surface area contributed by atoms with Crippen LogP contribution in [0.3, 0.4) is 0 Å². The van der Waals surface area contributed by atoms with Crippen molar-refractivity contribution in [2.75, 3.05) is 13.2 Å². The molecule has 0 aliphatic carbocycles. The first-order chi connectivity index (χ1) is 30.0. The average molecular weight is 841 g/mol. The SMILES string of the molecule is CC/C=C/C=C/C=C/C=C/C=C/C=C/CCCCCC(=O)OCC(COC(=O)CCCCCCCCCCCCCCC)OC(=O)CCC/C=C/C=C/C=C/C=C/C=C/CC. The summed E-state index contributed by atoms with van der Waals surface area (Å²) in [5, 5.41) is 0. The monoisotopic (exact) mass is 841 g/mol. The van der Waals surface area contributed by atoms with Crippen molar-refractivity contribution in [3.63, 3.8) is 0 Å². The van der Waals surface area contributed by atoms with Crippen LogP contribution in [0, 0.1) is 0 Å². The maximum absolute atomic E-state index is 12.7. The molecule has 0 bridgehead atoms. The van der Waals surface area contributed by atoms with Gasteiger partial charge in [-0.05, 0) is 51.4 Å². The minimum Gasteiger partial charge on any atom is -0.462 e. The molecular formula is C55H84O6. The van der Waals surface area contributed by atoms with Crippen LogP contribution >= 0.6 is 0 Å². The van der Waals surface area contributed by atoms with Crippen LogP contribution < -0.4 is 0 Å². The van der Waals surface area contributed by atoms with E-state index in [9.17, 15) is 14.4 Å². The predicted octanol–water partition coefficient (Wildman–Crippen LogP) is 15.5. The summed E-state index contributed by atoms with van der Waals surface area (Å²) >= 11 is 0. The highest BCUT2D eigenvalue weighted by molar-refractivity contribution is 5.71. The summed E-state index contributed by atoms with van der Waals surface area (Å²) < 4.78 is 16.6. The van der Waals surface area contributed by atoms with Gasteiger partial charge in [0, 0.05) is 19.3 Å². The fourth-order valence-electron chi connectivity index (χ4n) is 5.91. The van der Waals surface area contributed by atoms with Crippen LogP contribution in [-0.4, -0.2) is 37.2 Å². The van der Waals surface area contributed by atoms with E-state index in [1.54, 1.807) is 0 Å². The summed E-state index contributed by atoms with van der Waals surface area (Å²) in [7, 11) is 0. The fraction of sp³-hybridized carbons (Fsp3) is 0.545. The second-order valence-electron chi connectivity index (χ2n) is 15.2. The molecule has 0 radical (unpaired) electrons. The number of rotatable bonds is 40. The van der Waals surface area contributed by atoms with Crippen molar-refractivity contribution in [2.45, 2.75) is 181 Å². The Morgan fingerprint density at radius 1 is 0.344 bits per heavy atom. The van der Waals surface area contributed by atoms with Crippen LogP contribution in [0.5, 0.6) is 0 Å². The zero-order valence-electron chi connectivity index (χ0n) is 38.6. The Morgan fingerprint density at radius 3 is 1.05 bits per heavy atom. The molecule has 0 saturated carbocycles. The van der Waals surface area contributed by atoms with Crippen LogP contribution in [0.25, 0.3) is 0 Å². The van der Waals surface area contributed by atoms with Gasteiger partial charge in [-0.15, -0.1) is 0 Å². The summed E-state index contributed by atoms with van der Waals surface area (Å²) in [5.74, 6) is -1.06. The van der Waals surface area contributed by atoms with Gasteiger partial charge in [0.05, 0.1) is 0 Å². The summed E-state index contributed by atoms with van der Waals surface area (Å²) in [6.07, 6.45) is 67.2. The number of hydrogen-bond donors (Lipinski definition) is 0. The first kappa shape index (κ1) is 56.5. The Hall–Kier alpha value is -4.45. The van der Waals surface area contributed by atoms with Gasteiger partial charge in [0.2, 0.25) is 0 Å². The first-order valence-corrected chi connectivity index (χ1v) is 23.8. The van der Waals surface area contributed by atoms with Crippen LogP contribution in [0.4, 0.5) is 0 Å². The average Bonchev–Trinajstić information content (AvgIpc) is 3.26. The Balaban J connectivity index is 4.61. The number of ether oxygens (including phenoxy) is 3. The van der Waals surface area contributed by atoms with Gasteiger partial charge in [-0.2, -0.15) is 0 Å². The summed E-state index contributed by atoms with van der Waals surface area (Å²) in [4.78, 5) is 37.8. The van der Waals surface area contributed by atoms with Crippen molar-refractivity contribution >= 4 is 17.9 Å². The zero-order chi connectivity index (χ0) is 44.4. The lowest BCUT2D eigenvalue weighted by molar-refractivity contribution is -0.167. The molecule has 0 saturated heterocycles. The second kappa shape index (κ2) is 48.2. The number of carbonyl (C=O) groups is 3. The van der Waals surface area contributed by atoms with E-state index >= 15 is 0 Å². The highest BCUT2D eigenvalue weighted by Gasteiger charge is 2.19. The molecule has 0 aliphatic heterocycles. The summed E-state index contributed by atoms with van der Waals surface area (Å²) in [6.45, 7) is 6.21. The molecule has 0 aliphatic rings. The molecular weight excluding hydrogens is 757 g/mol. The van der Waals surface area contributed by atoms with Crippen molar-refractivity contribution in [1.82, 2.24) is 0 Å². The smallest absolute Gasteiger partial charge is 0.306 e. The number of unbranched alkanes of at least 4 members (excludes halogenated alkanes) is 16. The van der Waals surface area contributed by atoms with E-state index in [1.165, 1.54) is 64.2 Å². The molecule has 1 unspecified atom stereocenters. The highest BCUT2D eigenvalue weighted by atomic mass is 16.6. The van der Waals surface area contributed by atoms with Crippen molar-refractivity contribution in [2.24, 2.45) is 0 Å². The van der Waals surface area contributed by atoms with Crippen molar-refractivity contribution < 1.29 is 28.6 Å². The molecule has 61 heavy (non-hydrogen) atoms. The molecule has 1 atom stereocenters. The maximum atomic E-state index is 12.7. The third kappa shape index (κ3) is 46.5. The molecule has 0 aromatic heterocycles. The lowest BCUT2D eigenvalue weighted by atomic mass is 10.0. The standard InChI is InChI=1S/C55H84O6/c1-4-7-10-13-16-19-22-25-26-27-28-31-33-36-39-42-45-48-54(57)60-51-52(61-55(58)49-46-43-40-37-34-30-24-21-18-15-12-9-6-3)50-59-53(56)47-44-41-38-35-32-29-23-20-17-14-11-8-5-2/h7,9-10,12-13,15-16,18-19,21-22,24-28,30-31,33-34,37,40,52H,4-6,8,11,14,17,20,23,29,32,35-36,38-39,41-51H2,1-3H3/b10-7+,12-9+,16-13+,18-15+,22-19+,24-21+,26-25+,28-27+,33-31+,34-30+,40-37+. The molecule has 0 aromatic rings. The summed E-state index contributed by atoms with van der Waals surface area (Å²) in [6, 6.07) is 0. The van der Waals surface area contributed by atoms with E-state index in [0.29, 0.717) is 19.3 Å². The van der Waals surface area contributed by atoms with Gasteiger partial charge in [-0.1, -0.05) is 238 Å². The zero-order valence-corrected chi connectivity index (χ0v) is 38.6. The molecule has 0 rings (SSSR count). The molecule has 0 amide bonds. The normalized spacial score (nSPS) is 13.3. The van der Waals surface area contributed by atoms with Gasteiger partial charge in [-0.3, -0.25) is 14.4 Å². The number of esters is 3. The van der Waals surface area contributed by atoms with E-state index in [-0.39, 0.29) is 38.0 Å². The van der Waals surface area contributed by atoms with Crippen LogP contribution in [0.15, 0.2) is 134 Å². The quantitative estimate of drug-likeness (QED) is 0.0265. The number of carbonyl (C=O) groups excluding carboxylic acids is 3. The minimum atomic E-state index is -0.835. The Bertz CT molecular complexity index is 1380. The molecule has 0 heterocycles. The van der Waals surface area contributed by atoms with Crippen LogP contribution in [-0.2, 0) is 28.6 Å². The van der Waals surface area contributed by atoms with Crippen LogP contribution in [0.1, 0.15) is 175 Å². The predicted molar refractivity (Wildman–Crippen MR) is 260 cm³/mol. The van der Waals surface area contributed by atoms with Gasteiger partial charge >= 0.3 is 17.9 Å². The Kier molecular flexibility index (Phi) is 44.7. The van der Waals surface area contributed by atoms with E-state index in [4.69, 9.17) is 14.2 Å². The van der Waals surface area contributed by atoms with E-state index in [0.717, 1.165) is 57.8 Å². The molecule has 6 nitrogen and oxygen atoms in total. The van der Waals surface area contributed by atoms with Gasteiger partial charge in [0.25, 0.3) is 0 Å². The van der Waals surface area contributed by atoms with E-state index in [1.807, 2.05) is 115 Å². The molecule has 0 aromatic carbocycles. The maximum Gasteiger partial charge on any atom is 0.306 e. The summed E-state index contributed by atoms with van der Waals surface area (Å²) in [5.41, 5.74) is 0.